The van der Waals surface area contributed by atoms with Crippen molar-refractivity contribution in [2.75, 3.05) is 12.0 Å². The molecule has 0 unspecified atom stereocenters. The summed E-state index contributed by atoms with van der Waals surface area (Å²) in [5, 5.41) is 0.636. The maximum Gasteiger partial charge on any atom is 0.226 e. The van der Waals surface area contributed by atoms with Gasteiger partial charge in [-0.15, -0.1) is 0 Å². The van der Waals surface area contributed by atoms with Crippen molar-refractivity contribution >= 4 is 35.3 Å². The monoisotopic (exact) mass is 456 g/mol. The molecule has 0 atom stereocenters. The Morgan fingerprint density at radius 2 is 1.88 bits per heavy atom. The van der Waals surface area contributed by atoms with Gasteiger partial charge in [0.1, 0.15) is 12.0 Å². The van der Waals surface area contributed by atoms with Gasteiger partial charge < -0.3 is 14.1 Å². The quantitative estimate of drug-likeness (QED) is 0.344. The zero-order valence-corrected chi connectivity index (χ0v) is 19.0. The molecule has 5 rings (SSSR count). The predicted octanol–water partition coefficient (Wildman–Crippen LogP) is 6.71. The van der Waals surface area contributed by atoms with Gasteiger partial charge in [-0.3, -0.25) is 4.79 Å². The van der Waals surface area contributed by atoms with Crippen LogP contribution in [0.15, 0.2) is 71.5 Å². The molecule has 0 bridgehead atoms. The number of aromatic nitrogens is 1. The Balaban J connectivity index is 1.64. The van der Waals surface area contributed by atoms with Crippen LogP contribution in [0.2, 0.25) is 5.02 Å². The van der Waals surface area contributed by atoms with Gasteiger partial charge in [0.05, 0.1) is 25.5 Å². The van der Waals surface area contributed by atoms with Crippen molar-refractivity contribution in [2.24, 2.45) is 0 Å². The average molecular weight is 457 g/mol. The summed E-state index contributed by atoms with van der Waals surface area (Å²) in [6.45, 7) is 2.03. The first-order valence-corrected chi connectivity index (χ1v) is 10.9. The maximum atomic E-state index is 12.6. The molecular formula is C27H21ClN2O3. The first-order valence-electron chi connectivity index (χ1n) is 10.5. The third-order valence-corrected chi connectivity index (χ3v) is 6.01. The highest BCUT2D eigenvalue weighted by Gasteiger charge is 2.20. The molecule has 6 heteroatoms. The van der Waals surface area contributed by atoms with E-state index in [0.29, 0.717) is 17.5 Å². The molecule has 0 aliphatic carbocycles. The lowest BCUT2D eigenvalue weighted by molar-refractivity contribution is -0.116. The highest BCUT2D eigenvalue weighted by molar-refractivity contribution is 6.30. The number of hydrogen-bond acceptors (Lipinski definition) is 4. The van der Waals surface area contributed by atoms with Gasteiger partial charge in [0.2, 0.25) is 11.8 Å². The standard InChI is InChI=1S/C27H21ClN2O3/c1-17(31)30-16-21-13-19(5-3-18(21)4-6-20-14-22(28)7-10-26(20)30)24-9-8-23(32-2)15-25(24)27-29-11-12-33-27/h3-15H,16H2,1-2H3. The molecule has 0 radical (unpaired) electrons. The van der Waals surface area contributed by atoms with E-state index in [1.807, 2.05) is 42.5 Å². The number of amides is 1. The maximum absolute atomic E-state index is 12.6. The molecule has 1 aliphatic rings. The fourth-order valence-corrected chi connectivity index (χ4v) is 4.31. The highest BCUT2D eigenvalue weighted by Crippen LogP contribution is 2.37. The molecule has 4 aromatic rings. The summed E-state index contributed by atoms with van der Waals surface area (Å²) >= 11 is 6.21. The lowest BCUT2D eigenvalue weighted by Gasteiger charge is -2.26. The van der Waals surface area contributed by atoms with Crippen molar-refractivity contribution in [1.82, 2.24) is 4.98 Å². The van der Waals surface area contributed by atoms with E-state index in [2.05, 4.69) is 29.3 Å². The van der Waals surface area contributed by atoms with Gasteiger partial charge in [0, 0.05) is 17.5 Å². The number of fused-ring (bicyclic) bond motifs is 2. The van der Waals surface area contributed by atoms with E-state index in [4.69, 9.17) is 20.8 Å². The zero-order chi connectivity index (χ0) is 22.9. The van der Waals surface area contributed by atoms with Gasteiger partial charge in [-0.2, -0.15) is 0 Å². The molecule has 0 N–H and O–H groups in total. The Labute approximate surface area is 196 Å². The molecule has 1 aliphatic heterocycles. The Hall–Kier alpha value is -3.83. The van der Waals surface area contributed by atoms with Gasteiger partial charge in [0.25, 0.3) is 0 Å². The van der Waals surface area contributed by atoms with E-state index in [1.165, 1.54) is 0 Å². The minimum atomic E-state index is -0.0323. The number of nitrogens with zero attached hydrogens (tertiary/aromatic N) is 2. The molecule has 1 amide bonds. The second kappa shape index (κ2) is 8.60. The Bertz CT molecular complexity index is 1380. The molecule has 0 fully saturated rings. The van der Waals surface area contributed by atoms with Crippen molar-refractivity contribution in [2.45, 2.75) is 13.5 Å². The Morgan fingerprint density at radius 3 is 2.64 bits per heavy atom. The first kappa shape index (κ1) is 21.0. The molecule has 0 saturated heterocycles. The van der Waals surface area contributed by atoms with Crippen molar-refractivity contribution in [1.29, 1.82) is 0 Å². The Kier molecular flexibility index (Phi) is 5.48. The molecule has 0 saturated carbocycles. The van der Waals surface area contributed by atoms with Crippen LogP contribution in [0.3, 0.4) is 0 Å². The van der Waals surface area contributed by atoms with Crippen LogP contribution in [-0.4, -0.2) is 18.0 Å². The van der Waals surface area contributed by atoms with Gasteiger partial charge in [-0.25, -0.2) is 4.98 Å². The summed E-state index contributed by atoms with van der Waals surface area (Å²) in [6.07, 6.45) is 7.24. The fourth-order valence-electron chi connectivity index (χ4n) is 4.13. The van der Waals surface area contributed by atoms with Crippen LogP contribution in [0.1, 0.15) is 23.6 Å². The number of benzene rings is 3. The number of rotatable bonds is 3. The molecule has 33 heavy (non-hydrogen) atoms. The van der Waals surface area contributed by atoms with Crippen LogP contribution in [0, 0.1) is 0 Å². The summed E-state index contributed by atoms with van der Waals surface area (Å²) in [7, 11) is 1.63. The van der Waals surface area contributed by atoms with E-state index in [-0.39, 0.29) is 5.91 Å². The number of carbonyl (C=O) groups excluding carboxylic acids is 1. The van der Waals surface area contributed by atoms with Crippen LogP contribution in [0.25, 0.3) is 34.7 Å². The number of oxazole rings is 1. The molecule has 2 heterocycles. The summed E-state index contributed by atoms with van der Waals surface area (Å²) < 4.78 is 11.0. The number of anilines is 1. The lowest BCUT2D eigenvalue weighted by atomic mass is 9.93. The minimum absolute atomic E-state index is 0.0323. The van der Waals surface area contributed by atoms with E-state index in [0.717, 1.165) is 44.8 Å². The van der Waals surface area contributed by atoms with Crippen LogP contribution < -0.4 is 9.64 Å². The molecule has 5 nitrogen and oxygen atoms in total. The van der Waals surface area contributed by atoms with Crippen LogP contribution >= 0.6 is 11.6 Å². The molecular weight excluding hydrogens is 436 g/mol. The molecule has 0 spiro atoms. The van der Waals surface area contributed by atoms with E-state index < -0.39 is 0 Å². The normalized spacial score (nSPS) is 12.5. The highest BCUT2D eigenvalue weighted by atomic mass is 35.5. The molecule has 164 valence electrons. The molecule has 3 aromatic carbocycles. The lowest BCUT2D eigenvalue weighted by Crippen LogP contribution is -2.29. The third kappa shape index (κ3) is 4.03. The number of ether oxygens (including phenoxy) is 1. The first-order chi connectivity index (χ1) is 16.0. The van der Waals surface area contributed by atoms with Gasteiger partial charge in [-0.1, -0.05) is 35.9 Å². The van der Waals surface area contributed by atoms with E-state index >= 15 is 0 Å². The van der Waals surface area contributed by atoms with Crippen LogP contribution in [0.4, 0.5) is 5.69 Å². The smallest absolute Gasteiger partial charge is 0.226 e. The second-order valence-corrected chi connectivity index (χ2v) is 8.24. The summed E-state index contributed by atoms with van der Waals surface area (Å²) in [6, 6.07) is 17.7. The summed E-state index contributed by atoms with van der Waals surface area (Å²) in [4.78, 5) is 18.7. The zero-order valence-electron chi connectivity index (χ0n) is 18.2. The Morgan fingerprint density at radius 1 is 1.03 bits per heavy atom. The van der Waals surface area contributed by atoms with Crippen molar-refractivity contribution < 1.29 is 13.9 Å². The van der Waals surface area contributed by atoms with Gasteiger partial charge in [-0.05, 0) is 70.3 Å². The van der Waals surface area contributed by atoms with Crippen LogP contribution in [-0.2, 0) is 11.3 Å². The van der Waals surface area contributed by atoms with Crippen molar-refractivity contribution in [3.8, 4) is 28.3 Å². The van der Waals surface area contributed by atoms with Gasteiger partial charge >= 0.3 is 0 Å². The van der Waals surface area contributed by atoms with Crippen molar-refractivity contribution in [3.05, 3.63) is 88.8 Å². The topological polar surface area (TPSA) is 55.6 Å². The van der Waals surface area contributed by atoms with Gasteiger partial charge in [0.15, 0.2) is 0 Å². The van der Waals surface area contributed by atoms with E-state index in [1.54, 1.807) is 31.4 Å². The van der Waals surface area contributed by atoms with E-state index in [9.17, 15) is 4.79 Å². The SMILES string of the molecule is COc1ccc(-c2ccc3c(c2)CN(C(C)=O)c2ccc(Cl)cc2C=C3)c(-c2ncco2)c1. The predicted molar refractivity (Wildman–Crippen MR) is 131 cm³/mol. The fraction of sp³-hybridized carbons (Fsp3) is 0.111. The number of halogens is 1. The largest absolute Gasteiger partial charge is 0.497 e. The number of hydrogen-bond donors (Lipinski definition) is 0. The minimum Gasteiger partial charge on any atom is -0.497 e. The number of methoxy groups -OCH3 is 1. The number of carbonyl (C=O) groups is 1. The second-order valence-electron chi connectivity index (χ2n) is 7.80. The summed E-state index contributed by atoms with van der Waals surface area (Å²) in [5.41, 5.74) is 6.63. The summed E-state index contributed by atoms with van der Waals surface area (Å²) in [5.74, 6) is 1.21. The average Bonchev–Trinajstić information content (AvgIpc) is 3.35. The third-order valence-electron chi connectivity index (χ3n) is 5.77. The van der Waals surface area contributed by atoms with Crippen LogP contribution in [0.5, 0.6) is 5.75 Å². The molecule has 1 aromatic heterocycles. The van der Waals surface area contributed by atoms with Crippen molar-refractivity contribution in [3.63, 3.8) is 0 Å².